The quantitative estimate of drug-likeness (QED) is 0.823. The van der Waals surface area contributed by atoms with E-state index in [0.717, 1.165) is 38.3 Å². The lowest BCUT2D eigenvalue weighted by Gasteiger charge is -2.37. The van der Waals surface area contributed by atoms with Gasteiger partial charge < -0.3 is 20.1 Å². The van der Waals surface area contributed by atoms with Crippen molar-refractivity contribution in [2.24, 2.45) is 0 Å². The highest BCUT2D eigenvalue weighted by Crippen LogP contribution is 2.26. The van der Waals surface area contributed by atoms with Gasteiger partial charge in [-0.1, -0.05) is 6.07 Å². The Morgan fingerprint density at radius 1 is 1.33 bits per heavy atom. The molecule has 1 fully saturated rings. The van der Waals surface area contributed by atoms with E-state index >= 15 is 0 Å². The van der Waals surface area contributed by atoms with Crippen molar-refractivity contribution in [1.82, 2.24) is 15.1 Å². The highest BCUT2D eigenvalue weighted by atomic mass is 16.5. The van der Waals surface area contributed by atoms with Crippen molar-refractivity contribution in [3.8, 4) is 11.5 Å². The zero-order valence-electron chi connectivity index (χ0n) is 13.3. The van der Waals surface area contributed by atoms with Gasteiger partial charge in [0, 0.05) is 38.8 Å². The van der Waals surface area contributed by atoms with E-state index in [9.17, 15) is 5.11 Å². The SMILES string of the molecule is CCOc1cc(CNCC2CN(C)CCN2C)ccc1O. The number of piperazine rings is 1. The zero-order chi connectivity index (χ0) is 15.2. The van der Waals surface area contributed by atoms with Gasteiger partial charge in [-0.15, -0.1) is 0 Å². The van der Waals surface area contributed by atoms with Crippen LogP contribution in [0.2, 0.25) is 0 Å². The number of benzene rings is 1. The fourth-order valence-corrected chi connectivity index (χ4v) is 2.64. The summed E-state index contributed by atoms with van der Waals surface area (Å²) in [5.41, 5.74) is 1.13. The first-order valence-electron chi connectivity index (χ1n) is 7.64. The minimum atomic E-state index is 0.203. The number of likely N-dealkylation sites (N-methyl/N-ethyl adjacent to an activating group) is 2. The van der Waals surface area contributed by atoms with Crippen molar-refractivity contribution >= 4 is 0 Å². The zero-order valence-corrected chi connectivity index (χ0v) is 13.3. The molecule has 1 aromatic carbocycles. The standard InChI is InChI=1S/C16H27N3O2/c1-4-21-16-9-13(5-6-15(16)20)10-17-11-14-12-18(2)7-8-19(14)3/h5-6,9,14,17,20H,4,7-8,10-12H2,1-3H3. The molecule has 0 aromatic heterocycles. The summed E-state index contributed by atoms with van der Waals surface area (Å²) < 4.78 is 5.41. The third-order valence-corrected chi connectivity index (χ3v) is 4.01. The molecule has 1 aliphatic heterocycles. The minimum absolute atomic E-state index is 0.203. The van der Waals surface area contributed by atoms with Crippen LogP contribution in [0.3, 0.4) is 0 Å². The summed E-state index contributed by atoms with van der Waals surface area (Å²) in [7, 11) is 4.36. The maximum Gasteiger partial charge on any atom is 0.161 e. The Labute approximate surface area is 127 Å². The first-order valence-corrected chi connectivity index (χ1v) is 7.64. The molecule has 0 bridgehead atoms. The summed E-state index contributed by atoms with van der Waals surface area (Å²) in [4.78, 5) is 4.79. The van der Waals surface area contributed by atoms with E-state index in [1.165, 1.54) is 0 Å². The van der Waals surface area contributed by atoms with E-state index in [4.69, 9.17) is 4.74 Å². The van der Waals surface area contributed by atoms with Crippen LogP contribution in [0, 0.1) is 0 Å². The molecule has 0 radical (unpaired) electrons. The second kappa shape index (κ2) is 7.64. The number of ether oxygens (including phenoxy) is 1. The minimum Gasteiger partial charge on any atom is -0.504 e. The predicted octanol–water partition coefficient (Wildman–Crippen LogP) is 1.13. The van der Waals surface area contributed by atoms with Crippen molar-refractivity contribution < 1.29 is 9.84 Å². The Morgan fingerprint density at radius 2 is 2.14 bits per heavy atom. The normalized spacial score (nSPS) is 20.6. The van der Waals surface area contributed by atoms with Crippen molar-refractivity contribution in [2.45, 2.75) is 19.5 Å². The fraction of sp³-hybridized carbons (Fsp3) is 0.625. The van der Waals surface area contributed by atoms with Crippen LogP contribution < -0.4 is 10.1 Å². The van der Waals surface area contributed by atoms with Crippen LogP contribution in [0.25, 0.3) is 0 Å². The van der Waals surface area contributed by atoms with Crippen molar-refractivity contribution in [3.05, 3.63) is 23.8 Å². The summed E-state index contributed by atoms with van der Waals surface area (Å²) >= 11 is 0. The Hall–Kier alpha value is -1.30. The molecule has 0 spiro atoms. The molecule has 1 aliphatic rings. The van der Waals surface area contributed by atoms with Gasteiger partial charge in [-0.3, -0.25) is 4.90 Å². The largest absolute Gasteiger partial charge is 0.504 e. The number of nitrogens with zero attached hydrogens (tertiary/aromatic N) is 2. The number of hydrogen-bond donors (Lipinski definition) is 2. The fourth-order valence-electron chi connectivity index (χ4n) is 2.64. The molecule has 0 amide bonds. The molecule has 1 heterocycles. The van der Waals surface area contributed by atoms with Crippen LogP contribution >= 0.6 is 0 Å². The van der Waals surface area contributed by atoms with Crippen molar-refractivity contribution in [3.63, 3.8) is 0 Å². The molecule has 1 unspecified atom stereocenters. The van der Waals surface area contributed by atoms with Crippen LogP contribution in [0.1, 0.15) is 12.5 Å². The lowest BCUT2D eigenvalue weighted by atomic mass is 10.1. The van der Waals surface area contributed by atoms with E-state index in [0.29, 0.717) is 18.4 Å². The summed E-state index contributed by atoms with van der Waals surface area (Å²) in [6.45, 7) is 7.59. The molecular weight excluding hydrogens is 266 g/mol. The second-order valence-electron chi connectivity index (χ2n) is 5.76. The molecule has 1 saturated heterocycles. The van der Waals surface area contributed by atoms with Gasteiger partial charge in [0.05, 0.1) is 6.61 Å². The Morgan fingerprint density at radius 3 is 2.90 bits per heavy atom. The molecule has 2 rings (SSSR count). The van der Waals surface area contributed by atoms with Gasteiger partial charge in [0.2, 0.25) is 0 Å². The maximum absolute atomic E-state index is 9.70. The van der Waals surface area contributed by atoms with Crippen LogP contribution in [0.15, 0.2) is 18.2 Å². The first kappa shape index (κ1) is 16.1. The van der Waals surface area contributed by atoms with E-state index < -0.39 is 0 Å². The molecule has 0 saturated carbocycles. The second-order valence-corrected chi connectivity index (χ2v) is 5.76. The Bertz CT molecular complexity index is 453. The summed E-state index contributed by atoms with van der Waals surface area (Å²) in [5.74, 6) is 0.764. The molecule has 5 heteroatoms. The monoisotopic (exact) mass is 293 g/mol. The van der Waals surface area contributed by atoms with Gasteiger partial charge in [-0.25, -0.2) is 0 Å². The molecule has 21 heavy (non-hydrogen) atoms. The number of nitrogens with one attached hydrogen (secondary N) is 1. The Kier molecular flexibility index (Phi) is 5.85. The van der Waals surface area contributed by atoms with Crippen LogP contribution in [0.4, 0.5) is 0 Å². The molecular formula is C16H27N3O2. The molecule has 1 atom stereocenters. The smallest absolute Gasteiger partial charge is 0.161 e. The lowest BCUT2D eigenvalue weighted by Crippen LogP contribution is -2.53. The molecule has 118 valence electrons. The van der Waals surface area contributed by atoms with Gasteiger partial charge in [-0.2, -0.15) is 0 Å². The Balaban J connectivity index is 1.84. The van der Waals surface area contributed by atoms with E-state index in [1.54, 1.807) is 6.07 Å². The number of phenolic OH excluding ortho intramolecular Hbond substituents is 1. The van der Waals surface area contributed by atoms with Gasteiger partial charge >= 0.3 is 0 Å². The number of aromatic hydroxyl groups is 1. The van der Waals surface area contributed by atoms with Gasteiger partial charge in [0.15, 0.2) is 11.5 Å². The number of rotatable bonds is 6. The summed E-state index contributed by atoms with van der Waals surface area (Å²) in [6, 6.07) is 6.08. The highest BCUT2D eigenvalue weighted by molar-refractivity contribution is 5.41. The average molecular weight is 293 g/mol. The maximum atomic E-state index is 9.70. The number of hydrogen-bond acceptors (Lipinski definition) is 5. The highest BCUT2D eigenvalue weighted by Gasteiger charge is 2.21. The molecule has 5 nitrogen and oxygen atoms in total. The molecule has 2 N–H and O–H groups in total. The molecule has 0 aliphatic carbocycles. The van der Waals surface area contributed by atoms with Crippen molar-refractivity contribution in [1.29, 1.82) is 0 Å². The van der Waals surface area contributed by atoms with Crippen LogP contribution in [-0.4, -0.2) is 67.8 Å². The van der Waals surface area contributed by atoms with E-state index in [-0.39, 0.29) is 5.75 Å². The average Bonchev–Trinajstić information content (AvgIpc) is 2.46. The summed E-state index contributed by atoms with van der Waals surface area (Å²) in [6.07, 6.45) is 0. The topological polar surface area (TPSA) is 48.0 Å². The third-order valence-electron chi connectivity index (χ3n) is 4.01. The predicted molar refractivity (Wildman–Crippen MR) is 84.9 cm³/mol. The van der Waals surface area contributed by atoms with Gasteiger partial charge in [0.1, 0.15) is 0 Å². The van der Waals surface area contributed by atoms with E-state index in [1.807, 2.05) is 19.1 Å². The lowest BCUT2D eigenvalue weighted by molar-refractivity contribution is 0.113. The third kappa shape index (κ3) is 4.59. The molecule has 1 aromatic rings. The van der Waals surface area contributed by atoms with E-state index in [2.05, 4.69) is 29.2 Å². The first-order chi connectivity index (χ1) is 10.1. The van der Waals surface area contributed by atoms with Gasteiger partial charge in [-0.05, 0) is 38.7 Å². The van der Waals surface area contributed by atoms with Crippen LogP contribution in [0.5, 0.6) is 11.5 Å². The van der Waals surface area contributed by atoms with Crippen LogP contribution in [-0.2, 0) is 6.54 Å². The summed E-state index contributed by atoms with van der Waals surface area (Å²) in [5, 5.41) is 13.2. The number of phenols is 1. The van der Waals surface area contributed by atoms with Gasteiger partial charge in [0.25, 0.3) is 0 Å². The van der Waals surface area contributed by atoms with Crippen molar-refractivity contribution in [2.75, 3.05) is 46.9 Å².